The number of hydrogen-bond donors (Lipinski definition) is 0. The van der Waals surface area contributed by atoms with Crippen LogP contribution in [-0.4, -0.2) is 41.0 Å². The van der Waals surface area contributed by atoms with Crippen molar-refractivity contribution >= 4 is 28.6 Å². The molecule has 1 unspecified atom stereocenters. The SMILES string of the molecule is CC(C)CN1CCC2(CC1)CC(=O)OC2CI. The Hall–Kier alpha value is 0.160. The molecule has 0 radical (unpaired) electrons. The molecule has 0 aliphatic carbocycles. The second-order valence-corrected chi connectivity index (χ2v) is 6.75. The number of halogens is 1. The molecule has 0 aromatic carbocycles. The lowest BCUT2D eigenvalue weighted by molar-refractivity contribution is -0.140. The summed E-state index contributed by atoms with van der Waals surface area (Å²) in [4.78, 5) is 14.0. The Labute approximate surface area is 117 Å². The molecule has 1 spiro atoms. The molecule has 0 bridgehead atoms. The number of cyclic esters (lactones) is 1. The van der Waals surface area contributed by atoms with E-state index in [0.29, 0.717) is 6.42 Å². The number of carbonyl (C=O) groups excluding carboxylic acids is 1. The number of likely N-dealkylation sites (tertiary alicyclic amines) is 1. The zero-order valence-electron chi connectivity index (χ0n) is 10.7. The van der Waals surface area contributed by atoms with Crippen molar-refractivity contribution in [2.45, 2.75) is 39.2 Å². The molecule has 2 aliphatic heterocycles. The molecule has 2 rings (SSSR count). The van der Waals surface area contributed by atoms with Gasteiger partial charge in [-0.25, -0.2) is 0 Å². The Morgan fingerprint density at radius 3 is 2.65 bits per heavy atom. The highest BCUT2D eigenvalue weighted by atomic mass is 127. The second kappa shape index (κ2) is 5.43. The molecule has 0 amide bonds. The minimum Gasteiger partial charge on any atom is -0.461 e. The zero-order valence-corrected chi connectivity index (χ0v) is 12.9. The van der Waals surface area contributed by atoms with E-state index in [1.54, 1.807) is 0 Å². The van der Waals surface area contributed by atoms with Crippen molar-refractivity contribution in [3.63, 3.8) is 0 Å². The number of carbonyl (C=O) groups is 1. The summed E-state index contributed by atoms with van der Waals surface area (Å²) in [6.07, 6.45) is 3.06. The molecule has 2 heterocycles. The van der Waals surface area contributed by atoms with Crippen molar-refractivity contribution in [3.8, 4) is 0 Å². The normalized spacial score (nSPS) is 28.9. The maximum atomic E-state index is 11.5. The van der Waals surface area contributed by atoms with Crippen LogP contribution in [0.5, 0.6) is 0 Å². The minimum absolute atomic E-state index is 0.0176. The van der Waals surface area contributed by atoms with Gasteiger partial charge in [-0.1, -0.05) is 36.4 Å². The van der Waals surface area contributed by atoms with Crippen LogP contribution in [0.1, 0.15) is 33.1 Å². The van der Waals surface area contributed by atoms with Gasteiger partial charge in [0.05, 0.1) is 6.42 Å². The number of piperidine rings is 1. The summed E-state index contributed by atoms with van der Waals surface area (Å²) in [6, 6.07) is 0. The fraction of sp³-hybridized carbons (Fsp3) is 0.923. The minimum atomic E-state index is 0.0176. The van der Waals surface area contributed by atoms with Crippen molar-refractivity contribution in [1.29, 1.82) is 0 Å². The van der Waals surface area contributed by atoms with Crippen molar-refractivity contribution < 1.29 is 9.53 Å². The monoisotopic (exact) mass is 351 g/mol. The molecule has 17 heavy (non-hydrogen) atoms. The standard InChI is InChI=1S/C13H22INO2/c1-10(2)9-15-5-3-13(4-6-15)7-12(16)17-11(13)8-14/h10-11H,3-9H2,1-2H3. The van der Waals surface area contributed by atoms with E-state index in [0.717, 1.165) is 36.3 Å². The number of hydrogen-bond acceptors (Lipinski definition) is 3. The van der Waals surface area contributed by atoms with Crippen LogP contribution in [0.15, 0.2) is 0 Å². The van der Waals surface area contributed by atoms with Crippen LogP contribution in [0.25, 0.3) is 0 Å². The fourth-order valence-corrected chi connectivity index (χ4v) is 4.23. The molecule has 0 aromatic heterocycles. The smallest absolute Gasteiger partial charge is 0.306 e. The zero-order chi connectivity index (χ0) is 12.5. The molecule has 3 nitrogen and oxygen atoms in total. The fourth-order valence-electron chi connectivity index (χ4n) is 3.12. The molecule has 1 atom stereocenters. The van der Waals surface area contributed by atoms with Gasteiger partial charge < -0.3 is 9.64 Å². The second-order valence-electron chi connectivity index (χ2n) is 5.87. The van der Waals surface area contributed by atoms with Gasteiger partial charge in [-0.2, -0.15) is 0 Å². The topological polar surface area (TPSA) is 29.5 Å². The first-order valence-corrected chi connectivity index (χ1v) is 8.06. The van der Waals surface area contributed by atoms with Crippen LogP contribution < -0.4 is 0 Å². The van der Waals surface area contributed by atoms with E-state index >= 15 is 0 Å². The van der Waals surface area contributed by atoms with Crippen molar-refractivity contribution in [3.05, 3.63) is 0 Å². The molecule has 0 saturated carbocycles. The van der Waals surface area contributed by atoms with Gasteiger partial charge in [-0.3, -0.25) is 4.79 Å². The van der Waals surface area contributed by atoms with E-state index in [4.69, 9.17) is 4.74 Å². The molecule has 2 aliphatic rings. The Morgan fingerprint density at radius 2 is 2.12 bits per heavy atom. The van der Waals surface area contributed by atoms with Crippen LogP contribution >= 0.6 is 22.6 Å². The lowest BCUT2D eigenvalue weighted by atomic mass is 9.73. The third-order valence-corrected chi connectivity index (χ3v) is 4.87. The summed E-state index contributed by atoms with van der Waals surface area (Å²) in [5.74, 6) is 0.745. The maximum Gasteiger partial charge on any atom is 0.306 e. The number of esters is 1. The molecular formula is C13H22INO2. The molecule has 0 N–H and O–H groups in total. The van der Waals surface area contributed by atoms with Gasteiger partial charge in [0.15, 0.2) is 0 Å². The summed E-state index contributed by atoms with van der Waals surface area (Å²) < 4.78 is 6.39. The van der Waals surface area contributed by atoms with E-state index < -0.39 is 0 Å². The predicted octanol–water partition coefficient (Wildman–Crippen LogP) is 2.48. The quantitative estimate of drug-likeness (QED) is 0.445. The highest BCUT2D eigenvalue weighted by Crippen LogP contribution is 2.45. The van der Waals surface area contributed by atoms with Gasteiger partial charge in [0.2, 0.25) is 0 Å². The Balaban J connectivity index is 1.95. The summed E-state index contributed by atoms with van der Waals surface area (Å²) >= 11 is 2.35. The Morgan fingerprint density at radius 1 is 1.47 bits per heavy atom. The average Bonchev–Trinajstić information content (AvgIpc) is 2.58. The van der Waals surface area contributed by atoms with E-state index in [1.165, 1.54) is 6.54 Å². The first kappa shape index (κ1) is 13.6. The van der Waals surface area contributed by atoms with Crippen molar-refractivity contribution in [2.75, 3.05) is 24.1 Å². The van der Waals surface area contributed by atoms with Crippen LogP contribution in [0.4, 0.5) is 0 Å². The van der Waals surface area contributed by atoms with Crippen LogP contribution in [0.3, 0.4) is 0 Å². The number of ether oxygens (including phenoxy) is 1. The van der Waals surface area contributed by atoms with Gasteiger partial charge in [0.1, 0.15) is 6.10 Å². The number of alkyl halides is 1. The first-order valence-electron chi connectivity index (χ1n) is 6.53. The van der Waals surface area contributed by atoms with Gasteiger partial charge >= 0.3 is 5.97 Å². The number of nitrogens with zero attached hydrogens (tertiary/aromatic N) is 1. The molecule has 0 aromatic rings. The largest absolute Gasteiger partial charge is 0.461 e. The maximum absolute atomic E-state index is 11.5. The van der Waals surface area contributed by atoms with Crippen molar-refractivity contribution in [2.24, 2.45) is 11.3 Å². The van der Waals surface area contributed by atoms with E-state index in [1.807, 2.05) is 0 Å². The summed E-state index contributed by atoms with van der Waals surface area (Å²) in [7, 11) is 0. The predicted molar refractivity (Wildman–Crippen MR) is 76.3 cm³/mol. The Bertz CT molecular complexity index is 285. The summed E-state index contributed by atoms with van der Waals surface area (Å²) in [6.45, 7) is 7.96. The third-order valence-electron chi connectivity index (χ3n) is 4.07. The lowest BCUT2D eigenvalue weighted by Gasteiger charge is -2.41. The summed E-state index contributed by atoms with van der Waals surface area (Å²) in [5.41, 5.74) is 0.158. The molecule has 4 heteroatoms. The van der Waals surface area contributed by atoms with Gasteiger partial charge in [-0.05, 0) is 31.8 Å². The highest BCUT2D eigenvalue weighted by molar-refractivity contribution is 14.1. The van der Waals surface area contributed by atoms with E-state index in [2.05, 4.69) is 41.3 Å². The van der Waals surface area contributed by atoms with Gasteiger partial charge in [0, 0.05) is 16.4 Å². The number of rotatable bonds is 3. The molecule has 98 valence electrons. The Kier molecular flexibility index (Phi) is 4.34. The average molecular weight is 351 g/mol. The van der Waals surface area contributed by atoms with Crippen LogP contribution in [-0.2, 0) is 9.53 Å². The van der Waals surface area contributed by atoms with Crippen LogP contribution in [0.2, 0.25) is 0 Å². The first-order chi connectivity index (χ1) is 8.05. The van der Waals surface area contributed by atoms with Gasteiger partial charge in [-0.15, -0.1) is 0 Å². The third kappa shape index (κ3) is 2.95. The highest BCUT2D eigenvalue weighted by Gasteiger charge is 2.49. The lowest BCUT2D eigenvalue weighted by Crippen LogP contribution is -2.45. The van der Waals surface area contributed by atoms with E-state index in [-0.39, 0.29) is 17.5 Å². The molecule has 2 fully saturated rings. The summed E-state index contributed by atoms with van der Waals surface area (Å²) in [5, 5.41) is 0. The molecule has 2 saturated heterocycles. The van der Waals surface area contributed by atoms with Gasteiger partial charge in [0.25, 0.3) is 0 Å². The molecular weight excluding hydrogens is 329 g/mol. The van der Waals surface area contributed by atoms with Crippen molar-refractivity contribution in [1.82, 2.24) is 4.90 Å². The van der Waals surface area contributed by atoms with Crippen LogP contribution in [0, 0.1) is 11.3 Å². The van der Waals surface area contributed by atoms with E-state index in [9.17, 15) is 4.79 Å².